The lowest BCUT2D eigenvalue weighted by molar-refractivity contribution is -0.130. The molecule has 0 saturated carbocycles. The zero-order valence-corrected chi connectivity index (χ0v) is 14.7. The summed E-state index contributed by atoms with van der Waals surface area (Å²) in [5.74, 6) is 0.253. The first-order valence-corrected chi connectivity index (χ1v) is 9.52. The van der Waals surface area contributed by atoms with E-state index in [1.165, 1.54) is 18.5 Å². The van der Waals surface area contributed by atoms with Gasteiger partial charge >= 0.3 is 0 Å². The van der Waals surface area contributed by atoms with E-state index in [9.17, 15) is 4.79 Å². The Morgan fingerprint density at radius 3 is 2.74 bits per heavy atom. The fourth-order valence-electron chi connectivity index (χ4n) is 3.35. The maximum absolute atomic E-state index is 12.7. The van der Waals surface area contributed by atoms with Crippen molar-refractivity contribution in [2.24, 2.45) is 0 Å². The molecule has 3 rings (SSSR count). The molecular weight excluding hydrogens is 308 g/mol. The maximum Gasteiger partial charge on any atom is 0.240 e. The molecule has 1 saturated heterocycles. The van der Waals surface area contributed by atoms with E-state index in [0.29, 0.717) is 6.54 Å². The molecular formula is C17H26N4OS. The van der Waals surface area contributed by atoms with Crippen molar-refractivity contribution in [2.45, 2.75) is 32.6 Å². The number of nitrogens with zero attached hydrogens (tertiary/aromatic N) is 4. The van der Waals surface area contributed by atoms with Crippen LogP contribution in [-0.4, -0.2) is 60.0 Å². The fraction of sp³-hybridized carbons (Fsp3) is 0.647. The van der Waals surface area contributed by atoms with E-state index in [4.69, 9.17) is 0 Å². The number of hydrogen-bond donors (Lipinski definition) is 0. The lowest BCUT2D eigenvalue weighted by Crippen LogP contribution is -2.50. The van der Waals surface area contributed by atoms with Gasteiger partial charge in [-0.15, -0.1) is 11.3 Å². The minimum atomic E-state index is 0.253. The minimum absolute atomic E-state index is 0.253. The zero-order valence-electron chi connectivity index (χ0n) is 13.9. The van der Waals surface area contributed by atoms with E-state index >= 15 is 0 Å². The molecule has 0 radical (unpaired) electrons. The molecule has 2 aliphatic rings. The highest BCUT2D eigenvalue weighted by atomic mass is 32.1. The molecule has 0 spiro atoms. The van der Waals surface area contributed by atoms with E-state index in [1.807, 2.05) is 16.5 Å². The molecule has 23 heavy (non-hydrogen) atoms. The number of aromatic nitrogens is 1. The van der Waals surface area contributed by atoms with Crippen LogP contribution in [0.25, 0.3) is 0 Å². The summed E-state index contributed by atoms with van der Waals surface area (Å²) >= 11 is 1.69. The lowest BCUT2D eigenvalue weighted by Gasteiger charge is -2.35. The molecule has 6 heteroatoms. The summed E-state index contributed by atoms with van der Waals surface area (Å²) in [4.78, 5) is 23.6. The van der Waals surface area contributed by atoms with Gasteiger partial charge in [-0.3, -0.25) is 9.69 Å². The molecule has 1 amide bonds. The van der Waals surface area contributed by atoms with Crippen LogP contribution in [0, 0.1) is 0 Å². The van der Waals surface area contributed by atoms with Gasteiger partial charge in [0.2, 0.25) is 5.91 Å². The summed E-state index contributed by atoms with van der Waals surface area (Å²) < 4.78 is 0. The third-order valence-electron chi connectivity index (χ3n) is 4.65. The minimum Gasteiger partial charge on any atom is -0.346 e. The number of carbonyl (C=O) groups excluding carboxylic acids is 1. The molecule has 1 aromatic rings. The molecule has 0 bridgehead atoms. The number of hydrogen-bond acceptors (Lipinski definition) is 5. The quantitative estimate of drug-likeness (QED) is 0.830. The summed E-state index contributed by atoms with van der Waals surface area (Å²) in [7, 11) is 0. The molecule has 1 fully saturated rings. The molecule has 0 aromatic carbocycles. The summed E-state index contributed by atoms with van der Waals surface area (Å²) in [6.45, 7) is 7.17. The van der Waals surface area contributed by atoms with Crippen LogP contribution in [0.1, 0.15) is 32.6 Å². The Labute approximate surface area is 142 Å². The Morgan fingerprint density at radius 2 is 2.13 bits per heavy atom. The average Bonchev–Trinajstić information content (AvgIpc) is 3.12. The van der Waals surface area contributed by atoms with Crippen LogP contribution in [0.2, 0.25) is 0 Å². The number of allylic oxidation sites excluding steroid dienone is 2. The van der Waals surface area contributed by atoms with Crippen LogP contribution in [0.3, 0.4) is 0 Å². The monoisotopic (exact) mass is 334 g/mol. The van der Waals surface area contributed by atoms with Gasteiger partial charge in [0.25, 0.3) is 0 Å². The van der Waals surface area contributed by atoms with Gasteiger partial charge in [-0.05, 0) is 32.6 Å². The van der Waals surface area contributed by atoms with Crippen molar-refractivity contribution in [3.05, 3.63) is 23.3 Å². The van der Waals surface area contributed by atoms with Gasteiger partial charge in [-0.25, -0.2) is 4.98 Å². The normalized spacial score (nSPS) is 19.5. The first kappa shape index (κ1) is 16.5. The van der Waals surface area contributed by atoms with E-state index in [2.05, 4.69) is 27.8 Å². The molecule has 1 aromatic heterocycles. The first-order chi connectivity index (χ1) is 11.3. The molecule has 0 atom stereocenters. The second-order valence-electron chi connectivity index (χ2n) is 6.16. The smallest absolute Gasteiger partial charge is 0.240 e. The molecule has 1 aliphatic carbocycles. The van der Waals surface area contributed by atoms with Crippen LogP contribution >= 0.6 is 11.3 Å². The van der Waals surface area contributed by atoms with Gasteiger partial charge in [0.05, 0.1) is 6.54 Å². The van der Waals surface area contributed by atoms with Crippen molar-refractivity contribution in [2.75, 3.05) is 44.2 Å². The SMILES string of the molecule is CCN(C(=O)CN1CCN(c2nccs2)CC1)C1=CCCCC1. The van der Waals surface area contributed by atoms with Gasteiger partial charge in [0, 0.05) is 50.0 Å². The summed E-state index contributed by atoms with van der Waals surface area (Å²) in [6.07, 6.45) is 8.75. The van der Waals surface area contributed by atoms with Crippen LogP contribution in [0.5, 0.6) is 0 Å². The lowest BCUT2D eigenvalue weighted by atomic mass is 10.0. The van der Waals surface area contributed by atoms with Crippen molar-refractivity contribution in [1.29, 1.82) is 0 Å². The van der Waals surface area contributed by atoms with E-state index in [0.717, 1.165) is 50.7 Å². The second kappa shape index (κ2) is 7.93. The van der Waals surface area contributed by atoms with Crippen molar-refractivity contribution < 1.29 is 4.79 Å². The number of rotatable bonds is 5. The standard InChI is InChI=1S/C17H26N4OS/c1-2-21(15-6-4-3-5-7-15)16(22)14-19-9-11-20(12-10-19)17-18-8-13-23-17/h6,8,13H,2-5,7,9-12,14H2,1H3. The van der Waals surface area contributed by atoms with Gasteiger partial charge in [-0.1, -0.05) is 6.08 Å². The van der Waals surface area contributed by atoms with Gasteiger partial charge in [0.15, 0.2) is 5.13 Å². The average molecular weight is 334 g/mol. The summed E-state index contributed by atoms with van der Waals surface area (Å²) in [5.41, 5.74) is 1.24. The van der Waals surface area contributed by atoms with Crippen molar-refractivity contribution in [1.82, 2.24) is 14.8 Å². The molecule has 1 aliphatic heterocycles. The predicted molar refractivity (Wildman–Crippen MR) is 94.7 cm³/mol. The number of thiazole rings is 1. The van der Waals surface area contributed by atoms with E-state index < -0.39 is 0 Å². The van der Waals surface area contributed by atoms with Crippen molar-refractivity contribution in [3.8, 4) is 0 Å². The van der Waals surface area contributed by atoms with Crippen LogP contribution in [0.15, 0.2) is 23.3 Å². The van der Waals surface area contributed by atoms with Gasteiger partial charge in [-0.2, -0.15) is 0 Å². The highest BCUT2D eigenvalue weighted by Crippen LogP contribution is 2.22. The van der Waals surface area contributed by atoms with Crippen LogP contribution in [0.4, 0.5) is 5.13 Å². The fourth-order valence-corrected chi connectivity index (χ4v) is 4.05. The van der Waals surface area contributed by atoms with E-state index in [1.54, 1.807) is 11.3 Å². The number of piperazine rings is 1. The highest BCUT2D eigenvalue weighted by molar-refractivity contribution is 7.13. The topological polar surface area (TPSA) is 39.7 Å². The van der Waals surface area contributed by atoms with Crippen molar-refractivity contribution >= 4 is 22.4 Å². The van der Waals surface area contributed by atoms with Crippen molar-refractivity contribution in [3.63, 3.8) is 0 Å². The van der Waals surface area contributed by atoms with Gasteiger partial charge in [0.1, 0.15) is 0 Å². The summed E-state index contributed by atoms with van der Waals surface area (Å²) in [6, 6.07) is 0. The Balaban J connectivity index is 1.51. The zero-order chi connectivity index (χ0) is 16.1. The number of likely N-dealkylation sites (N-methyl/N-ethyl adjacent to an activating group) is 1. The molecule has 0 N–H and O–H groups in total. The highest BCUT2D eigenvalue weighted by Gasteiger charge is 2.24. The Kier molecular flexibility index (Phi) is 5.67. The largest absolute Gasteiger partial charge is 0.346 e. The molecule has 0 unspecified atom stereocenters. The van der Waals surface area contributed by atoms with Crippen LogP contribution < -0.4 is 4.90 Å². The Morgan fingerprint density at radius 1 is 1.30 bits per heavy atom. The molecule has 5 nitrogen and oxygen atoms in total. The number of anilines is 1. The Bertz CT molecular complexity index is 535. The summed E-state index contributed by atoms with van der Waals surface area (Å²) in [5, 5.41) is 3.11. The molecule has 2 heterocycles. The third kappa shape index (κ3) is 4.12. The Hall–Kier alpha value is -1.40. The second-order valence-corrected chi connectivity index (χ2v) is 7.03. The predicted octanol–water partition coefficient (Wildman–Crippen LogP) is 2.57. The third-order valence-corrected chi connectivity index (χ3v) is 5.48. The van der Waals surface area contributed by atoms with Gasteiger partial charge < -0.3 is 9.80 Å². The maximum atomic E-state index is 12.7. The molecule has 126 valence electrons. The first-order valence-electron chi connectivity index (χ1n) is 8.64. The number of amides is 1. The van der Waals surface area contributed by atoms with E-state index in [-0.39, 0.29) is 5.91 Å². The number of carbonyl (C=O) groups is 1. The van der Waals surface area contributed by atoms with Crippen LogP contribution in [-0.2, 0) is 4.79 Å².